The van der Waals surface area contributed by atoms with Crippen molar-refractivity contribution in [2.24, 2.45) is 0 Å². The van der Waals surface area contributed by atoms with Crippen molar-refractivity contribution in [2.45, 2.75) is 12.3 Å². The van der Waals surface area contributed by atoms with Gasteiger partial charge in [0.05, 0.1) is 5.92 Å². The van der Waals surface area contributed by atoms with Crippen LogP contribution in [0.5, 0.6) is 0 Å². The van der Waals surface area contributed by atoms with E-state index in [2.05, 4.69) is 10.3 Å². The van der Waals surface area contributed by atoms with Crippen LogP contribution in [0.3, 0.4) is 0 Å². The second-order valence-corrected chi connectivity index (χ2v) is 3.44. The zero-order chi connectivity index (χ0) is 9.97. The Bertz CT molecular complexity index is 397. The van der Waals surface area contributed by atoms with E-state index in [0.29, 0.717) is 13.0 Å². The summed E-state index contributed by atoms with van der Waals surface area (Å²) in [6.07, 6.45) is 0.543. The van der Waals surface area contributed by atoms with Crippen LogP contribution in [-0.4, -0.2) is 23.9 Å². The second kappa shape index (κ2) is 3.75. The van der Waals surface area contributed by atoms with E-state index >= 15 is 0 Å². The molecule has 2 heterocycles. The van der Waals surface area contributed by atoms with Crippen LogP contribution in [-0.2, 0) is 4.79 Å². The Morgan fingerprint density at radius 3 is 2.86 bits per heavy atom. The fourth-order valence-electron chi connectivity index (χ4n) is 1.70. The number of Topliss-reactive ketones (excluding diaryl/α,β-unsaturated/α-hetero) is 1. The van der Waals surface area contributed by atoms with E-state index in [0.717, 1.165) is 12.2 Å². The molecule has 4 heteroatoms. The second-order valence-electron chi connectivity index (χ2n) is 3.44. The lowest BCUT2D eigenvalue weighted by atomic mass is 9.94. The number of aromatic nitrogens is 1. The summed E-state index contributed by atoms with van der Waals surface area (Å²) in [6, 6.07) is 4.91. The zero-order valence-electron chi connectivity index (χ0n) is 7.75. The van der Waals surface area contributed by atoms with Gasteiger partial charge in [0.15, 0.2) is 0 Å². The molecule has 0 aliphatic carbocycles. The minimum atomic E-state index is -0.183. The van der Waals surface area contributed by atoms with Crippen LogP contribution in [0.4, 0.5) is 0 Å². The van der Waals surface area contributed by atoms with Crippen molar-refractivity contribution >= 4 is 5.78 Å². The Balaban J connectivity index is 2.29. The van der Waals surface area contributed by atoms with Crippen molar-refractivity contribution in [3.05, 3.63) is 34.2 Å². The summed E-state index contributed by atoms with van der Waals surface area (Å²) in [5.41, 5.74) is 0.565. The molecule has 74 valence electrons. The summed E-state index contributed by atoms with van der Waals surface area (Å²) in [4.78, 5) is 25.3. The number of hydrogen-bond donors (Lipinski definition) is 2. The Labute approximate surface area is 81.3 Å². The van der Waals surface area contributed by atoms with Crippen LogP contribution in [0.15, 0.2) is 23.0 Å². The van der Waals surface area contributed by atoms with E-state index in [9.17, 15) is 9.59 Å². The fraction of sp³-hybridized carbons (Fsp3) is 0.400. The first-order valence-corrected chi connectivity index (χ1v) is 4.70. The number of aromatic amines is 1. The summed E-state index contributed by atoms with van der Waals surface area (Å²) in [6.45, 7) is 1.37. The Morgan fingerprint density at radius 1 is 1.29 bits per heavy atom. The molecule has 0 bridgehead atoms. The lowest BCUT2D eigenvalue weighted by molar-refractivity contribution is -0.121. The lowest BCUT2D eigenvalue weighted by Gasteiger charge is -2.21. The summed E-state index contributed by atoms with van der Waals surface area (Å²) in [5.74, 6) is 0.0169. The normalized spacial score (nSPS) is 22.3. The number of rotatable bonds is 1. The molecular formula is C10H12N2O2. The molecule has 14 heavy (non-hydrogen) atoms. The first-order chi connectivity index (χ1) is 6.77. The first-order valence-electron chi connectivity index (χ1n) is 4.70. The topological polar surface area (TPSA) is 62.0 Å². The van der Waals surface area contributed by atoms with Crippen molar-refractivity contribution in [2.75, 3.05) is 13.1 Å². The Hall–Kier alpha value is -1.42. The van der Waals surface area contributed by atoms with Gasteiger partial charge in [-0.05, 0) is 6.07 Å². The van der Waals surface area contributed by atoms with E-state index in [4.69, 9.17) is 0 Å². The third-order valence-electron chi connectivity index (χ3n) is 2.45. The quantitative estimate of drug-likeness (QED) is 0.659. The van der Waals surface area contributed by atoms with Crippen LogP contribution in [0.1, 0.15) is 18.0 Å². The van der Waals surface area contributed by atoms with Crippen LogP contribution >= 0.6 is 0 Å². The van der Waals surface area contributed by atoms with Gasteiger partial charge in [-0.15, -0.1) is 0 Å². The molecule has 1 aromatic heterocycles. The number of ketones is 1. The molecule has 2 rings (SSSR count). The van der Waals surface area contributed by atoms with Gasteiger partial charge in [-0.3, -0.25) is 9.59 Å². The third-order valence-corrected chi connectivity index (χ3v) is 2.45. The fourth-order valence-corrected chi connectivity index (χ4v) is 1.70. The highest BCUT2D eigenvalue weighted by molar-refractivity contribution is 5.86. The molecule has 1 atom stereocenters. The van der Waals surface area contributed by atoms with Crippen molar-refractivity contribution in [1.29, 1.82) is 0 Å². The average molecular weight is 192 g/mol. The maximum Gasteiger partial charge on any atom is 0.248 e. The van der Waals surface area contributed by atoms with E-state index in [1.54, 1.807) is 12.1 Å². The molecule has 2 N–H and O–H groups in total. The summed E-state index contributed by atoms with van der Waals surface area (Å²) >= 11 is 0. The third kappa shape index (κ3) is 1.75. The Morgan fingerprint density at radius 2 is 2.14 bits per heavy atom. The number of pyridine rings is 1. The zero-order valence-corrected chi connectivity index (χ0v) is 7.75. The predicted octanol–water partition coefficient (Wildman–Crippen LogP) is 0.0209. The lowest BCUT2D eigenvalue weighted by Crippen LogP contribution is -2.36. The van der Waals surface area contributed by atoms with Crippen molar-refractivity contribution in [1.82, 2.24) is 10.3 Å². The number of piperidine rings is 1. The SMILES string of the molecule is O=C1CCNCC1c1cccc(=O)[nH]1. The molecule has 0 aromatic carbocycles. The maximum atomic E-state index is 11.5. The summed E-state index contributed by atoms with van der Waals surface area (Å²) in [5, 5.41) is 3.14. The maximum absolute atomic E-state index is 11.5. The van der Waals surface area contributed by atoms with Crippen LogP contribution in [0, 0.1) is 0 Å². The van der Waals surface area contributed by atoms with Crippen LogP contribution in [0.2, 0.25) is 0 Å². The molecule has 1 aliphatic rings. The van der Waals surface area contributed by atoms with Crippen molar-refractivity contribution < 1.29 is 4.79 Å². The van der Waals surface area contributed by atoms with Crippen molar-refractivity contribution in [3.63, 3.8) is 0 Å². The van der Waals surface area contributed by atoms with Crippen LogP contribution in [0.25, 0.3) is 0 Å². The highest BCUT2D eigenvalue weighted by Gasteiger charge is 2.23. The van der Waals surface area contributed by atoms with Gasteiger partial charge in [0.25, 0.3) is 0 Å². The van der Waals surface area contributed by atoms with E-state index < -0.39 is 0 Å². The highest BCUT2D eigenvalue weighted by atomic mass is 16.1. The standard InChI is InChI=1S/C10H12N2O2/c13-9-4-5-11-6-7(9)8-2-1-3-10(14)12-8/h1-3,7,11H,4-6H2,(H,12,14). The largest absolute Gasteiger partial charge is 0.325 e. The number of carbonyl (C=O) groups is 1. The molecule has 1 saturated heterocycles. The molecule has 1 aliphatic heterocycles. The first kappa shape index (κ1) is 9.15. The molecule has 1 aromatic rings. The monoisotopic (exact) mass is 192 g/mol. The van der Waals surface area contributed by atoms with Gasteiger partial charge < -0.3 is 10.3 Å². The van der Waals surface area contributed by atoms with Gasteiger partial charge >= 0.3 is 0 Å². The number of H-pyrrole nitrogens is 1. The van der Waals surface area contributed by atoms with E-state index in [1.165, 1.54) is 6.07 Å². The summed E-state index contributed by atoms with van der Waals surface area (Å²) in [7, 11) is 0. The molecular weight excluding hydrogens is 180 g/mol. The van der Waals surface area contributed by atoms with Gasteiger partial charge in [-0.25, -0.2) is 0 Å². The molecule has 0 saturated carbocycles. The van der Waals surface area contributed by atoms with Gasteiger partial charge in [-0.2, -0.15) is 0 Å². The molecule has 4 nitrogen and oxygen atoms in total. The Kier molecular flexibility index (Phi) is 2.45. The van der Waals surface area contributed by atoms with Gasteiger partial charge in [0.2, 0.25) is 5.56 Å². The molecule has 1 fully saturated rings. The van der Waals surface area contributed by atoms with E-state index in [-0.39, 0.29) is 17.3 Å². The van der Waals surface area contributed by atoms with Crippen LogP contribution < -0.4 is 10.9 Å². The smallest absolute Gasteiger partial charge is 0.248 e. The van der Waals surface area contributed by atoms with E-state index in [1.807, 2.05) is 0 Å². The van der Waals surface area contributed by atoms with Crippen molar-refractivity contribution in [3.8, 4) is 0 Å². The minimum Gasteiger partial charge on any atom is -0.325 e. The average Bonchev–Trinajstić information content (AvgIpc) is 2.18. The molecule has 0 spiro atoms. The number of hydrogen-bond acceptors (Lipinski definition) is 3. The highest BCUT2D eigenvalue weighted by Crippen LogP contribution is 2.16. The van der Waals surface area contributed by atoms with Gasteiger partial charge in [0.1, 0.15) is 5.78 Å². The molecule has 0 radical (unpaired) electrons. The molecule has 1 unspecified atom stereocenters. The predicted molar refractivity (Wildman–Crippen MR) is 52.3 cm³/mol. The van der Waals surface area contributed by atoms with Gasteiger partial charge in [-0.1, -0.05) is 6.07 Å². The molecule has 0 amide bonds. The van der Waals surface area contributed by atoms with Gasteiger partial charge in [0, 0.05) is 31.3 Å². The number of nitrogens with one attached hydrogen (secondary N) is 2. The minimum absolute atomic E-state index is 0.152. The number of carbonyl (C=O) groups excluding carboxylic acids is 1. The summed E-state index contributed by atoms with van der Waals surface area (Å²) < 4.78 is 0.